The topological polar surface area (TPSA) is 144 Å². The Kier molecular flexibility index (Phi) is 9.00. The molecule has 0 radical (unpaired) electrons. The molecule has 1 aromatic carbocycles. The van der Waals surface area contributed by atoms with Crippen LogP contribution < -0.4 is 11.1 Å². The summed E-state index contributed by atoms with van der Waals surface area (Å²) in [6, 6.07) is 13.8. The van der Waals surface area contributed by atoms with E-state index in [0.29, 0.717) is 36.7 Å². The molecule has 4 rings (SSSR count). The van der Waals surface area contributed by atoms with Crippen LogP contribution in [0, 0.1) is 0 Å². The van der Waals surface area contributed by atoms with E-state index in [4.69, 9.17) is 15.2 Å². The summed E-state index contributed by atoms with van der Waals surface area (Å²) < 4.78 is 13.4. The van der Waals surface area contributed by atoms with E-state index in [9.17, 15) is 14.4 Å². The first-order valence-corrected chi connectivity index (χ1v) is 13.2. The molecule has 0 bridgehead atoms. The van der Waals surface area contributed by atoms with Gasteiger partial charge in [-0.15, -0.1) is 10.2 Å². The van der Waals surface area contributed by atoms with Gasteiger partial charge in [-0.25, -0.2) is 4.79 Å². The van der Waals surface area contributed by atoms with Crippen molar-refractivity contribution < 1.29 is 23.9 Å². The Balaban J connectivity index is 1.55. The summed E-state index contributed by atoms with van der Waals surface area (Å²) in [5.41, 5.74) is 7.01. The second-order valence-electron chi connectivity index (χ2n) is 10.7. The Morgan fingerprint density at radius 1 is 1.10 bits per heavy atom. The van der Waals surface area contributed by atoms with Crippen LogP contribution in [0.5, 0.6) is 0 Å². The Bertz CT molecular complexity index is 1340. The molecular weight excluding hydrogens is 514 g/mol. The first kappa shape index (κ1) is 29.0. The maximum atomic E-state index is 13.0. The summed E-state index contributed by atoms with van der Waals surface area (Å²) in [5, 5.41) is 11.6. The number of likely N-dealkylation sites (tertiary alicyclic amines) is 1. The fraction of sp³-hybridized carbons (Fsp3) is 0.464. The highest BCUT2D eigenvalue weighted by atomic mass is 16.6. The number of hydrogen-bond donors (Lipinski definition) is 2. The third-order valence-electron chi connectivity index (χ3n) is 6.69. The molecular formula is C28H37N7O5. The molecule has 3 N–H and O–H groups in total. The predicted octanol–water partition coefficient (Wildman–Crippen LogP) is 2.03. The minimum Gasteiger partial charge on any atom is -0.443 e. The number of carbonyl (C=O) groups is 3. The summed E-state index contributed by atoms with van der Waals surface area (Å²) in [4.78, 5) is 41.3. The summed E-state index contributed by atoms with van der Waals surface area (Å²) in [6.07, 6.45) is 0.760. The van der Waals surface area contributed by atoms with Gasteiger partial charge in [0.2, 0.25) is 11.8 Å². The monoisotopic (exact) mass is 551 g/mol. The third-order valence-corrected chi connectivity index (χ3v) is 6.69. The van der Waals surface area contributed by atoms with Crippen molar-refractivity contribution in [2.75, 3.05) is 27.2 Å². The smallest absolute Gasteiger partial charge is 0.410 e. The Morgan fingerprint density at radius 2 is 1.85 bits per heavy atom. The zero-order valence-corrected chi connectivity index (χ0v) is 23.4. The number of nitrogens with one attached hydrogen (secondary N) is 1. The van der Waals surface area contributed by atoms with Gasteiger partial charge in [0.1, 0.15) is 18.7 Å². The zero-order chi connectivity index (χ0) is 28.9. The number of nitrogens with zero attached hydrogens (tertiary/aromatic N) is 5. The molecule has 0 aliphatic carbocycles. The fourth-order valence-corrected chi connectivity index (χ4v) is 4.52. The molecule has 1 saturated heterocycles. The van der Waals surface area contributed by atoms with Gasteiger partial charge in [-0.2, -0.15) is 0 Å². The largest absolute Gasteiger partial charge is 0.443 e. The van der Waals surface area contributed by atoms with Gasteiger partial charge in [-0.3, -0.25) is 18.9 Å². The first-order valence-electron chi connectivity index (χ1n) is 13.2. The van der Waals surface area contributed by atoms with Crippen LogP contribution in [-0.4, -0.2) is 81.1 Å². The van der Waals surface area contributed by atoms with Crippen LogP contribution >= 0.6 is 0 Å². The van der Waals surface area contributed by atoms with Crippen LogP contribution in [0.15, 0.2) is 48.5 Å². The minimum atomic E-state index is -1.13. The molecule has 0 unspecified atom stereocenters. The van der Waals surface area contributed by atoms with Gasteiger partial charge in [0.25, 0.3) is 0 Å². The highest BCUT2D eigenvalue weighted by molar-refractivity contribution is 5.86. The minimum absolute atomic E-state index is 0.0888. The lowest BCUT2D eigenvalue weighted by atomic mass is 10.1. The average Bonchev–Trinajstić information content (AvgIpc) is 3.59. The number of likely N-dealkylation sites (N-methyl/N-ethyl adjacent to an activating group) is 1. The van der Waals surface area contributed by atoms with Crippen molar-refractivity contribution in [3.05, 3.63) is 65.6 Å². The number of hydrogen-bond acceptors (Lipinski definition) is 8. The highest BCUT2D eigenvalue weighted by Crippen LogP contribution is 2.22. The van der Waals surface area contributed by atoms with Crippen LogP contribution in [0.1, 0.15) is 49.8 Å². The second-order valence-corrected chi connectivity index (χ2v) is 10.7. The Hall–Kier alpha value is -4.03. The van der Waals surface area contributed by atoms with E-state index in [-0.39, 0.29) is 25.0 Å². The molecule has 0 saturated carbocycles. The molecule has 214 valence electrons. The van der Waals surface area contributed by atoms with E-state index in [1.807, 2.05) is 30.3 Å². The molecule has 3 heterocycles. The quantitative estimate of drug-likeness (QED) is 0.390. The summed E-state index contributed by atoms with van der Waals surface area (Å²) in [7, 11) is 3.34. The van der Waals surface area contributed by atoms with Gasteiger partial charge in [0.05, 0.1) is 24.4 Å². The van der Waals surface area contributed by atoms with Crippen LogP contribution in [0.3, 0.4) is 0 Å². The number of fused-ring (bicyclic) bond motifs is 1. The summed E-state index contributed by atoms with van der Waals surface area (Å²) in [5.74, 6) is -0.101. The number of amides is 3. The van der Waals surface area contributed by atoms with E-state index < -0.39 is 23.7 Å². The van der Waals surface area contributed by atoms with Gasteiger partial charge < -0.3 is 25.4 Å². The van der Waals surface area contributed by atoms with E-state index in [2.05, 4.69) is 15.5 Å². The highest BCUT2D eigenvalue weighted by Gasteiger charge is 2.36. The third kappa shape index (κ3) is 6.75. The molecule has 0 spiro atoms. The Labute approximate surface area is 233 Å². The summed E-state index contributed by atoms with van der Waals surface area (Å²) >= 11 is 0. The van der Waals surface area contributed by atoms with Gasteiger partial charge in [0, 0.05) is 20.6 Å². The maximum Gasteiger partial charge on any atom is 0.410 e. The molecule has 12 nitrogen and oxygen atoms in total. The number of carbonyl (C=O) groups excluding carboxylic acids is 3. The van der Waals surface area contributed by atoms with Crippen molar-refractivity contribution in [2.45, 2.75) is 57.5 Å². The number of pyridine rings is 1. The number of benzene rings is 1. The van der Waals surface area contributed by atoms with Crippen molar-refractivity contribution in [3.8, 4) is 0 Å². The molecule has 3 amide bonds. The normalized spacial score (nSPS) is 16.1. The molecule has 3 aromatic rings. The summed E-state index contributed by atoms with van der Waals surface area (Å²) in [6.45, 7) is 4.03. The number of ether oxygens (including phenoxy) is 2. The maximum absolute atomic E-state index is 13.0. The van der Waals surface area contributed by atoms with Crippen molar-refractivity contribution in [1.29, 1.82) is 0 Å². The van der Waals surface area contributed by atoms with E-state index in [1.165, 1.54) is 9.80 Å². The van der Waals surface area contributed by atoms with E-state index in [0.717, 1.165) is 12.0 Å². The SMILES string of the molecule is CN(C)C(=O)[C@@H]1CCCN1C(=O)OCc1cccc2nnc([C@@H](COCc3ccccc3)NC(=O)C(C)(C)N)n12. The molecule has 2 aromatic heterocycles. The lowest BCUT2D eigenvalue weighted by Gasteiger charge is -2.26. The average molecular weight is 552 g/mol. The van der Waals surface area contributed by atoms with Crippen LogP contribution in [0.25, 0.3) is 5.65 Å². The molecule has 1 aliphatic rings. The van der Waals surface area contributed by atoms with Gasteiger partial charge in [-0.05, 0) is 44.4 Å². The zero-order valence-electron chi connectivity index (χ0n) is 23.4. The van der Waals surface area contributed by atoms with Crippen LogP contribution in [0.4, 0.5) is 4.79 Å². The standard InChI is InChI=1S/C28H37N7O5/c1-28(2,29)26(37)30-21(18-39-16-19-10-6-5-7-11-19)24-32-31-23-14-8-12-20(35(23)24)17-40-27(38)34-15-9-13-22(34)25(36)33(3)4/h5-8,10-12,14,21-22H,9,13,15-18,29H2,1-4H3,(H,30,37)/t21-,22+/m1/s1. The van der Waals surface area contributed by atoms with Crippen molar-refractivity contribution in [2.24, 2.45) is 5.73 Å². The van der Waals surface area contributed by atoms with Gasteiger partial charge in [0.15, 0.2) is 11.5 Å². The number of aromatic nitrogens is 3. The second kappa shape index (κ2) is 12.4. The molecule has 40 heavy (non-hydrogen) atoms. The molecule has 1 fully saturated rings. The van der Waals surface area contributed by atoms with Gasteiger partial charge in [-0.1, -0.05) is 36.4 Å². The molecule has 12 heteroatoms. The first-order chi connectivity index (χ1) is 19.1. The van der Waals surface area contributed by atoms with Crippen LogP contribution in [0.2, 0.25) is 0 Å². The van der Waals surface area contributed by atoms with Crippen molar-refractivity contribution in [1.82, 2.24) is 29.7 Å². The van der Waals surface area contributed by atoms with Crippen molar-refractivity contribution >= 4 is 23.6 Å². The van der Waals surface area contributed by atoms with Gasteiger partial charge >= 0.3 is 6.09 Å². The predicted molar refractivity (Wildman–Crippen MR) is 147 cm³/mol. The van der Waals surface area contributed by atoms with Crippen molar-refractivity contribution in [3.63, 3.8) is 0 Å². The number of rotatable bonds is 10. The Morgan fingerprint density at radius 3 is 2.55 bits per heavy atom. The van der Waals surface area contributed by atoms with E-state index >= 15 is 0 Å². The van der Waals surface area contributed by atoms with Crippen LogP contribution in [-0.2, 0) is 32.3 Å². The molecule has 2 atom stereocenters. The molecule has 1 aliphatic heterocycles. The lowest BCUT2D eigenvalue weighted by molar-refractivity contribution is -0.133. The van der Waals surface area contributed by atoms with E-state index in [1.54, 1.807) is 50.5 Å². The lowest BCUT2D eigenvalue weighted by Crippen LogP contribution is -2.51. The number of nitrogens with two attached hydrogens (primary N) is 1. The fourth-order valence-electron chi connectivity index (χ4n) is 4.52.